The van der Waals surface area contributed by atoms with Gasteiger partial charge in [-0.2, -0.15) is 13.2 Å². The van der Waals surface area contributed by atoms with Crippen LogP contribution in [-0.2, 0) is 9.53 Å². The van der Waals surface area contributed by atoms with Gasteiger partial charge in [0.15, 0.2) is 0 Å². The molecule has 1 atom stereocenters. The number of hydrogen-bond acceptors (Lipinski definition) is 3. The van der Waals surface area contributed by atoms with Crippen LogP contribution in [0.25, 0.3) is 0 Å². The largest absolute Gasteiger partial charge is 0.389 e. The Bertz CT molecular complexity index is 205. The summed E-state index contributed by atoms with van der Waals surface area (Å²) in [6.45, 7) is 0.250. The predicted octanol–water partition coefficient (Wildman–Crippen LogP) is 0.809. The highest BCUT2D eigenvalue weighted by Gasteiger charge is 2.25. The van der Waals surface area contributed by atoms with Crippen LogP contribution in [0.15, 0.2) is 0 Å². The van der Waals surface area contributed by atoms with Crippen LogP contribution in [0.1, 0.15) is 19.3 Å². The number of halogens is 3. The average Bonchev–Trinajstić information content (AvgIpc) is 2.17. The Labute approximate surface area is 92.3 Å². The zero-order valence-electron chi connectivity index (χ0n) is 9.14. The van der Waals surface area contributed by atoms with Crippen LogP contribution in [0.5, 0.6) is 0 Å². The summed E-state index contributed by atoms with van der Waals surface area (Å²) in [5, 5.41) is 2.46. The molecule has 0 aliphatic rings. The number of rotatable bonds is 7. The van der Waals surface area contributed by atoms with Gasteiger partial charge < -0.3 is 15.8 Å². The lowest BCUT2D eigenvalue weighted by molar-refractivity contribution is -0.135. The number of ether oxygens (including phenoxy) is 1. The van der Waals surface area contributed by atoms with Crippen molar-refractivity contribution in [3.8, 4) is 0 Å². The molecule has 96 valence electrons. The third-order valence-corrected chi connectivity index (χ3v) is 1.98. The minimum absolute atomic E-state index is 0.00402. The summed E-state index contributed by atoms with van der Waals surface area (Å²) in [6, 6.07) is 0. The molecule has 0 spiro atoms. The Morgan fingerprint density at radius 3 is 2.50 bits per heavy atom. The van der Waals surface area contributed by atoms with Crippen LogP contribution in [0.3, 0.4) is 0 Å². The Balaban J connectivity index is 3.55. The number of hydrogen-bond donors (Lipinski definition) is 2. The van der Waals surface area contributed by atoms with E-state index in [2.05, 4.69) is 5.32 Å². The van der Waals surface area contributed by atoms with Crippen LogP contribution in [0, 0.1) is 0 Å². The second kappa shape index (κ2) is 7.45. The maximum atomic E-state index is 11.8. The molecule has 1 amide bonds. The maximum Gasteiger partial charge on any atom is 0.389 e. The minimum Gasteiger partial charge on any atom is -0.370 e. The summed E-state index contributed by atoms with van der Waals surface area (Å²) in [5.41, 5.74) is 5.24. The van der Waals surface area contributed by atoms with Gasteiger partial charge in [-0.3, -0.25) is 4.79 Å². The van der Waals surface area contributed by atoms with Crippen LogP contribution in [0.2, 0.25) is 0 Å². The fourth-order valence-corrected chi connectivity index (χ4v) is 1.09. The molecule has 0 saturated heterocycles. The molecule has 0 radical (unpaired) electrons. The number of carbonyl (C=O) groups excluding carboxylic acids is 1. The standard InChI is InChI=1S/C9H17F3N2O2/c1-16-7(6-13)8(15)14-5-3-2-4-9(10,11)12/h7H,2-6,13H2,1H3,(H,14,15). The summed E-state index contributed by atoms with van der Waals surface area (Å²) in [4.78, 5) is 11.2. The van der Waals surface area contributed by atoms with E-state index < -0.39 is 24.6 Å². The molecule has 0 bridgehead atoms. The molecule has 0 aromatic rings. The number of nitrogens with one attached hydrogen (secondary N) is 1. The van der Waals surface area contributed by atoms with E-state index >= 15 is 0 Å². The van der Waals surface area contributed by atoms with Gasteiger partial charge in [0.1, 0.15) is 6.10 Å². The first kappa shape index (κ1) is 15.2. The van der Waals surface area contributed by atoms with Gasteiger partial charge in [-0.05, 0) is 12.8 Å². The second-order valence-electron chi connectivity index (χ2n) is 3.32. The Kier molecular flexibility index (Phi) is 7.07. The number of amides is 1. The van der Waals surface area contributed by atoms with Crippen molar-refractivity contribution in [2.75, 3.05) is 20.2 Å². The van der Waals surface area contributed by atoms with Crippen molar-refractivity contribution in [2.24, 2.45) is 5.73 Å². The lowest BCUT2D eigenvalue weighted by Crippen LogP contribution is -2.40. The quantitative estimate of drug-likeness (QED) is 0.649. The normalized spacial score (nSPS) is 13.6. The molecule has 16 heavy (non-hydrogen) atoms. The van der Waals surface area contributed by atoms with E-state index in [-0.39, 0.29) is 25.9 Å². The number of nitrogens with two attached hydrogens (primary N) is 1. The van der Waals surface area contributed by atoms with Crippen LogP contribution in [0.4, 0.5) is 13.2 Å². The third-order valence-electron chi connectivity index (χ3n) is 1.98. The predicted molar refractivity (Wildman–Crippen MR) is 52.8 cm³/mol. The molecule has 1 unspecified atom stereocenters. The Hall–Kier alpha value is -0.820. The highest BCUT2D eigenvalue weighted by atomic mass is 19.4. The highest BCUT2D eigenvalue weighted by Crippen LogP contribution is 2.21. The molecule has 4 nitrogen and oxygen atoms in total. The topological polar surface area (TPSA) is 64.3 Å². The lowest BCUT2D eigenvalue weighted by atomic mass is 10.2. The van der Waals surface area contributed by atoms with E-state index in [1.54, 1.807) is 0 Å². The minimum atomic E-state index is -4.13. The highest BCUT2D eigenvalue weighted by molar-refractivity contribution is 5.80. The molecule has 0 heterocycles. The SMILES string of the molecule is COC(CN)C(=O)NCCCCC(F)(F)F. The van der Waals surface area contributed by atoms with Gasteiger partial charge in [-0.25, -0.2) is 0 Å². The van der Waals surface area contributed by atoms with Gasteiger partial charge in [0.25, 0.3) is 0 Å². The fraction of sp³-hybridized carbons (Fsp3) is 0.889. The number of unbranched alkanes of at least 4 members (excludes halogenated alkanes) is 1. The molecule has 0 aliphatic carbocycles. The molecular weight excluding hydrogens is 225 g/mol. The van der Waals surface area contributed by atoms with Crippen molar-refractivity contribution in [2.45, 2.75) is 31.5 Å². The second-order valence-corrected chi connectivity index (χ2v) is 3.32. The van der Waals surface area contributed by atoms with Gasteiger partial charge in [0, 0.05) is 26.6 Å². The van der Waals surface area contributed by atoms with Crippen molar-refractivity contribution in [1.82, 2.24) is 5.32 Å². The first-order chi connectivity index (χ1) is 7.40. The number of alkyl halides is 3. The molecular formula is C9H17F3N2O2. The van der Waals surface area contributed by atoms with Gasteiger partial charge in [0.2, 0.25) is 5.91 Å². The molecule has 7 heteroatoms. The van der Waals surface area contributed by atoms with E-state index in [1.165, 1.54) is 7.11 Å². The van der Waals surface area contributed by atoms with Gasteiger partial charge in [-0.15, -0.1) is 0 Å². The van der Waals surface area contributed by atoms with Crippen molar-refractivity contribution in [3.05, 3.63) is 0 Å². The smallest absolute Gasteiger partial charge is 0.370 e. The lowest BCUT2D eigenvalue weighted by Gasteiger charge is -2.13. The van der Waals surface area contributed by atoms with Crippen LogP contribution >= 0.6 is 0 Å². The van der Waals surface area contributed by atoms with Crippen molar-refractivity contribution in [1.29, 1.82) is 0 Å². The Morgan fingerprint density at radius 1 is 1.44 bits per heavy atom. The Morgan fingerprint density at radius 2 is 2.06 bits per heavy atom. The molecule has 0 saturated carbocycles. The molecule has 3 N–H and O–H groups in total. The van der Waals surface area contributed by atoms with E-state index in [0.29, 0.717) is 0 Å². The fourth-order valence-electron chi connectivity index (χ4n) is 1.09. The first-order valence-corrected chi connectivity index (χ1v) is 4.98. The summed E-state index contributed by atoms with van der Waals surface area (Å²) in [5.74, 6) is -0.392. The molecule has 0 rings (SSSR count). The van der Waals surface area contributed by atoms with Crippen molar-refractivity contribution >= 4 is 5.91 Å². The van der Waals surface area contributed by atoms with E-state index in [4.69, 9.17) is 10.5 Å². The van der Waals surface area contributed by atoms with Gasteiger partial charge in [-0.1, -0.05) is 0 Å². The van der Waals surface area contributed by atoms with E-state index in [0.717, 1.165) is 0 Å². The molecule has 0 aliphatic heterocycles. The summed E-state index contributed by atoms with van der Waals surface area (Å²) in [7, 11) is 1.35. The van der Waals surface area contributed by atoms with Gasteiger partial charge >= 0.3 is 6.18 Å². The van der Waals surface area contributed by atoms with Crippen LogP contribution in [-0.4, -0.2) is 38.4 Å². The third kappa shape index (κ3) is 7.47. The van der Waals surface area contributed by atoms with Gasteiger partial charge in [0.05, 0.1) is 0 Å². The van der Waals surface area contributed by atoms with Crippen LogP contribution < -0.4 is 11.1 Å². The summed E-state index contributed by atoms with van der Waals surface area (Å²) in [6.07, 6.45) is -5.40. The monoisotopic (exact) mass is 242 g/mol. The van der Waals surface area contributed by atoms with E-state index in [1.807, 2.05) is 0 Å². The summed E-state index contributed by atoms with van der Waals surface area (Å²) < 4.78 is 40.0. The number of carbonyl (C=O) groups is 1. The molecule has 0 aromatic heterocycles. The zero-order valence-corrected chi connectivity index (χ0v) is 9.14. The first-order valence-electron chi connectivity index (χ1n) is 4.98. The summed E-state index contributed by atoms with van der Waals surface area (Å²) >= 11 is 0. The zero-order chi connectivity index (χ0) is 12.6. The van der Waals surface area contributed by atoms with Crippen molar-refractivity contribution in [3.63, 3.8) is 0 Å². The van der Waals surface area contributed by atoms with Crippen molar-refractivity contribution < 1.29 is 22.7 Å². The number of methoxy groups -OCH3 is 1. The molecule has 0 fully saturated rings. The van der Waals surface area contributed by atoms with E-state index in [9.17, 15) is 18.0 Å². The maximum absolute atomic E-state index is 11.8. The molecule has 0 aromatic carbocycles. The average molecular weight is 242 g/mol.